The van der Waals surface area contributed by atoms with Gasteiger partial charge in [0.1, 0.15) is 0 Å². The summed E-state index contributed by atoms with van der Waals surface area (Å²) in [6.07, 6.45) is 6.04. The van der Waals surface area contributed by atoms with E-state index in [2.05, 4.69) is 74.6 Å². The average Bonchev–Trinajstić information content (AvgIpc) is 2.41. The molecule has 0 aliphatic heterocycles. The van der Waals surface area contributed by atoms with Gasteiger partial charge in [0.05, 0.1) is 0 Å². The summed E-state index contributed by atoms with van der Waals surface area (Å²) in [7, 11) is -1.48. The van der Waals surface area contributed by atoms with Crippen LogP contribution in [0, 0.1) is 11.7 Å². The predicted molar refractivity (Wildman–Crippen MR) is 85.6 cm³/mol. The van der Waals surface area contributed by atoms with Crippen LogP contribution in [-0.4, -0.2) is 4.75 Å². The van der Waals surface area contributed by atoms with Crippen molar-refractivity contribution < 1.29 is 0 Å². The zero-order chi connectivity index (χ0) is 13.9. The van der Waals surface area contributed by atoms with Crippen molar-refractivity contribution in [2.45, 2.75) is 35.3 Å². The maximum absolute atomic E-state index is 6.04. The zero-order valence-corrected chi connectivity index (χ0v) is 12.6. The lowest BCUT2D eigenvalue weighted by Crippen LogP contribution is -2.24. The predicted octanol–water partition coefficient (Wildman–Crippen LogP) is 5.30. The highest BCUT2D eigenvalue weighted by Crippen LogP contribution is 2.69. The van der Waals surface area contributed by atoms with Gasteiger partial charge in [0, 0.05) is 14.5 Å². The second-order valence-electron chi connectivity index (χ2n) is 5.47. The maximum atomic E-state index is 6.04. The van der Waals surface area contributed by atoms with E-state index in [-0.39, 0.29) is 4.75 Å². The number of benzene rings is 2. The van der Waals surface area contributed by atoms with Crippen molar-refractivity contribution >= 4 is 10.0 Å². The Morgan fingerprint density at radius 1 is 0.789 bits per heavy atom. The Balaban J connectivity index is 2.75. The molecule has 0 aliphatic carbocycles. The smallest absolute Gasteiger partial charge is 0.00998 e. The van der Waals surface area contributed by atoms with Crippen LogP contribution >= 0.6 is 10.0 Å². The Labute approximate surface area is 118 Å². The third-order valence-electron chi connectivity index (χ3n) is 3.29. The van der Waals surface area contributed by atoms with Gasteiger partial charge in [0.2, 0.25) is 0 Å². The highest BCUT2D eigenvalue weighted by atomic mass is 32.3. The minimum atomic E-state index is -1.48. The summed E-state index contributed by atoms with van der Waals surface area (Å²) in [4.78, 5) is 2.52. The van der Waals surface area contributed by atoms with E-state index < -0.39 is 10.0 Å². The molecule has 0 N–H and O–H groups in total. The summed E-state index contributed by atoms with van der Waals surface area (Å²) in [6, 6.07) is 21.0. The van der Waals surface area contributed by atoms with Crippen LogP contribution in [0.5, 0.6) is 0 Å². The van der Waals surface area contributed by atoms with E-state index in [9.17, 15) is 0 Å². The molecule has 2 aromatic rings. The highest BCUT2D eigenvalue weighted by molar-refractivity contribution is 8.38. The van der Waals surface area contributed by atoms with Crippen molar-refractivity contribution in [1.82, 2.24) is 0 Å². The van der Waals surface area contributed by atoms with Crippen LogP contribution in [0.1, 0.15) is 20.8 Å². The van der Waals surface area contributed by atoms with Crippen molar-refractivity contribution in [3.63, 3.8) is 0 Å². The Bertz CT molecular complexity index is 531. The van der Waals surface area contributed by atoms with Crippen LogP contribution in [0.25, 0.3) is 0 Å². The van der Waals surface area contributed by atoms with E-state index in [1.165, 1.54) is 9.79 Å². The van der Waals surface area contributed by atoms with Gasteiger partial charge in [0.15, 0.2) is 0 Å². The molecule has 1 heteroatoms. The molecule has 0 unspecified atom stereocenters. The number of hydrogen-bond donors (Lipinski definition) is 0. The van der Waals surface area contributed by atoms with E-state index in [1.54, 1.807) is 0 Å². The van der Waals surface area contributed by atoms with Crippen LogP contribution in [0.4, 0.5) is 0 Å². The van der Waals surface area contributed by atoms with E-state index in [0.717, 1.165) is 0 Å². The topological polar surface area (TPSA) is 0 Å². The van der Waals surface area contributed by atoms with Gasteiger partial charge in [-0.15, -0.1) is 16.5 Å². The van der Waals surface area contributed by atoms with Crippen molar-refractivity contribution in [2.75, 3.05) is 0 Å². The second-order valence-corrected chi connectivity index (χ2v) is 9.10. The number of rotatable bonds is 2. The average molecular weight is 268 g/mol. The lowest BCUT2D eigenvalue weighted by molar-refractivity contribution is 0.785. The molecule has 19 heavy (non-hydrogen) atoms. The van der Waals surface area contributed by atoms with E-state index in [4.69, 9.17) is 6.42 Å². The Hall–Kier alpha value is -1.65. The van der Waals surface area contributed by atoms with Crippen molar-refractivity contribution in [3.8, 4) is 11.7 Å². The zero-order valence-electron chi connectivity index (χ0n) is 11.8. The van der Waals surface area contributed by atoms with Gasteiger partial charge in [-0.2, -0.15) is 0 Å². The SMILES string of the molecule is C#CS(c1ccccc1)(c1ccccc1)C(C)(C)C. The molecule has 0 fully saturated rings. The van der Waals surface area contributed by atoms with Crippen molar-refractivity contribution in [1.29, 1.82) is 0 Å². The van der Waals surface area contributed by atoms with Gasteiger partial charge in [-0.1, -0.05) is 57.2 Å². The molecular weight excluding hydrogens is 248 g/mol. The molecule has 0 aromatic heterocycles. The lowest BCUT2D eigenvalue weighted by Gasteiger charge is -2.46. The minimum absolute atomic E-state index is 0.0183. The molecule has 0 radical (unpaired) electrons. The maximum Gasteiger partial charge on any atom is 0.00998 e. The van der Waals surface area contributed by atoms with Crippen LogP contribution in [-0.2, 0) is 0 Å². The van der Waals surface area contributed by atoms with Crippen LogP contribution < -0.4 is 0 Å². The molecule has 0 aliphatic rings. The Morgan fingerprint density at radius 2 is 1.16 bits per heavy atom. The highest BCUT2D eigenvalue weighted by Gasteiger charge is 2.38. The summed E-state index contributed by atoms with van der Waals surface area (Å²) in [5, 5.41) is 3.17. The Morgan fingerprint density at radius 3 is 1.42 bits per heavy atom. The summed E-state index contributed by atoms with van der Waals surface area (Å²) >= 11 is 0. The molecule has 0 heterocycles. The van der Waals surface area contributed by atoms with E-state index in [0.29, 0.717) is 0 Å². The first kappa shape index (κ1) is 13.8. The van der Waals surface area contributed by atoms with Gasteiger partial charge < -0.3 is 0 Å². The van der Waals surface area contributed by atoms with Crippen LogP contribution in [0.15, 0.2) is 70.5 Å². The molecule has 2 rings (SSSR count). The second kappa shape index (κ2) is 5.15. The molecule has 0 atom stereocenters. The summed E-state index contributed by atoms with van der Waals surface area (Å²) in [5.74, 6) is 0. The van der Waals surface area contributed by atoms with Crippen LogP contribution in [0.2, 0.25) is 0 Å². The largest absolute Gasteiger partial charge is 0.118 e. The third-order valence-corrected chi connectivity index (χ3v) is 7.44. The molecular formula is C18H20S. The number of terminal acetylenes is 1. The molecule has 0 nitrogen and oxygen atoms in total. The monoisotopic (exact) mass is 268 g/mol. The Kier molecular flexibility index (Phi) is 3.73. The molecule has 0 amide bonds. The van der Waals surface area contributed by atoms with Gasteiger partial charge in [-0.25, -0.2) is 0 Å². The normalized spacial score (nSPS) is 12.7. The fourth-order valence-corrected chi connectivity index (χ4v) is 5.85. The minimum Gasteiger partial charge on any atom is -0.118 e. The third kappa shape index (κ3) is 2.29. The summed E-state index contributed by atoms with van der Waals surface area (Å²) < 4.78 is 0.0183. The van der Waals surface area contributed by atoms with Gasteiger partial charge in [0.25, 0.3) is 0 Å². The first-order valence-electron chi connectivity index (χ1n) is 6.43. The van der Waals surface area contributed by atoms with E-state index >= 15 is 0 Å². The summed E-state index contributed by atoms with van der Waals surface area (Å²) in [5.41, 5.74) is 0. The quantitative estimate of drug-likeness (QED) is 0.648. The molecule has 2 aromatic carbocycles. The standard InChI is InChI=1S/C18H20S/c1-5-19(18(2,3)4,16-12-8-6-9-13-16)17-14-10-7-11-15-17/h1,6-15H,2-4H3. The van der Waals surface area contributed by atoms with Crippen LogP contribution in [0.3, 0.4) is 0 Å². The molecule has 98 valence electrons. The summed E-state index contributed by atoms with van der Waals surface area (Å²) in [6.45, 7) is 6.71. The lowest BCUT2D eigenvalue weighted by atomic mass is 10.3. The van der Waals surface area contributed by atoms with Crippen molar-refractivity contribution in [3.05, 3.63) is 60.7 Å². The van der Waals surface area contributed by atoms with E-state index in [1.807, 2.05) is 12.1 Å². The van der Waals surface area contributed by atoms with Crippen molar-refractivity contribution in [2.24, 2.45) is 0 Å². The molecule has 0 spiro atoms. The molecule has 0 saturated carbocycles. The first-order valence-corrected chi connectivity index (χ1v) is 8.06. The number of hydrogen-bond acceptors (Lipinski definition) is 0. The molecule has 0 saturated heterocycles. The van der Waals surface area contributed by atoms with Gasteiger partial charge in [-0.3, -0.25) is 0 Å². The molecule has 0 bridgehead atoms. The van der Waals surface area contributed by atoms with Gasteiger partial charge >= 0.3 is 0 Å². The van der Waals surface area contributed by atoms with Gasteiger partial charge in [-0.05, 0) is 29.5 Å². The fraction of sp³-hybridized carbons (Fsp3) is 0.222. The first-order chi connectivity index (χ1) is 9.02. The fourth-order valence-electron chi connectivity index (χ4n) is 2.41.